The molecule has 1 amide bonds. The van der Waals surface area contributed by atoms with Crippen LogP contribution in [0.25, 0.3) is 0 Å². The first kappa shape index (κ1) is 17.3. The monoisotopic (exact) mass is 295 g/mol. The first-order valence-electron chi connectivity index (χ1n) is 7.08. The van der Waals surface area contributed by atoms with Gasteiger partial charge in [0.05, 0.1) is 18.8 Å². The van der Waals surface area contributed by atoms with Crippen LogP contribution in [0, 0.1) is 0 Å². The van der Waals surface area contributed by atoms with Crippen molar-refractivity contribution in [2.24, 2.45) is 0 Å². The van der Waals surface area contributed by atoms with E-state index in [4.69, 9.17) is 9.47 Å². The molecule has 1 aromatic carbocycles. The Balaban J connectivity index is 2.69. The fourth-order valence-corrected chi connectivity index (χ4v) is 1.74. The highest BCUT2D eigenvalue weighted by Crippen LogP contribution is 2.19. The lowest BCUT2D eigenvalue weighted by molar-refractivity contribution is 0.0482. The molecule has 0 heterocycles. The number of nitrogens with one attached hydrogen (secondary N) is 1. The molecule has 0 bridgehead atoms. The summed E-state index contributed by atoms with van der Waals surface area (Å²) in [5, 5.41) is 12.1. The first-order chi connectivity index (χ1) is 9.71. The summed E-state index contributed by atoms with van der Waals surface area (Å²) in [6.07, 6.45) is -0.451. The van der Waals surface area contributed by atoms with E-state index in [-0.39, 0.29) is 12.7 Å². The maximum absolute atomic E-state index is 11.7. The summed E-state index contributed by atoms with van der Waals surface area (Å²) in [5.74, 6) is 0.753. The number of ether oxygens (including phenoxy) is 2. The highest BCUT2D eigenvalue weighted by atomic mass is 16.6. The Morgan fingerprint density at radius 2 is 1.81 bits per heavy atom. The SMILES string of the molecule is CC(C)Oc1ccc([C@@H](CO)NC(=O)OC(C)(C)C)cc1. The molecule has 5 nitrogen and oxygen atoms in total. The molecule has 1 atom stereocenters. The van der Waals surface area contributed by atoms with Gasteiger partial charge in [0.1, 0.15) is 11.4 Å². The van der Waals surface area contributed by atoms with Crippen LogP contribution in [0.4, 0.5) is 4.79 Å². The molecular weight excluding hydrogens is 270 g/mol. The van der Waals surface area contributed by atoms with Gasteiger partial charge in [-0.2, -0.15) is 0 Å². The third kappa shape index (κ3) is 6.49. The summed E-state index contributed by atoms with van der Waals surface area (Å²) in [6.45, 7) is 9.07. The summed E-state index contributed by atoms with van der Waals surface area (Å²) in [7, 11) is 0. The molecule has 0 saturated heterocycles. The van der Waals surface area contributed by atoms with Crippen molar-refractivity contribution in [3.63, 3.8) is 0 Å². The van der Waals surface area contributed by atoms with Crippen LogP contribution in [0.5, 0.6) is 5.75 Å². The third-order valence-corrected chi connectivity index (χ3v) is 2.53. The van der Waals surface area contributed by atoms with E-state index < -0.39 is 17.7 Å². The lowest BCUT2D eigenvalue weighted by Crippen LogP contribution is -2.36. The number of hydrogen-bond donors (Lipinski definition) is 2. The van der Waals surface area contributed by atoms with Crippen molar-refractivity contribution in [1.29, 1.82) is 0 Å². The Hall–Kier alpha value is -1.75. The van der Waals surface area contributed by atoms with Crippen LogP contribution in [0.15, 0.2) is 24.3 Å². The predicted molar refractivity (Wildman–Crippen MR) is 81.4 cm³/mol. The van der Waals surface area contributed by atoms with Crippen LogP contribution >= 0.6 is 0 Å². The molecule has 0 aliphatic heterocycles. The minimum Gasteiger partial charge on any atom is -0.491 e. The van der Waals surface area contributed by atoms with E-state index in [9.17, 15) is 9.90 Å². The zero-order valence-corrected chi connectivity index (χ0v) is 13.3. The number of alkyl carbamates (subject to hydrolysis) is 1. The van der Waals surface area contributed by atoms with Crippen molar-refractivity contribution in [2.75, 3.05) is 6.61 Å². The molecule has 0 aliphatic rings. The molecule has 5 heteroatoms. The fourth-order valence-electron chi connectivity index (χ4n) is 1.74. The highest BCUT2D eigenvalue weighted by Gasteiger charge is 2.20. The molecule has 0 radical (unpaired) electrons. The molecular formula is C16H25NO4. The lowest BCUT2D eigenvalue weighted by Gasteiger charge is -2.23. The minimum atomic E-state index is -0.570. The standard InChI is InChI=1S/C16H25NO4/c1-11(2)20-13-8-6-12(7-9-13)14(10-18)17-15(19)21-16(3,4)5/h6-9,11,14,18H,10H2,1-5H3,(H,17,19)/t14-/m1/s1. The summed E-state index contributed by atoms with van der Waals surface area (Å²) in [5.41, 5.74) is 0.221. The fraction of sp³-hybridized carbons (Fsp3) is 0.562. The maximum Gasteiger partial charge on any atom is 0.408 e. The number of hydrogen-bond acceptors (Lipinski definition) is 4. The number of aliphatic hydroxyl groups is 1. The molecule has 0 aliphatic carbocycles. The molecule has 0 spiro atoms. The molecule has 0 saturated carbocycles. The second-order valence-corrected chi connectivity index (χ2v) is 6.12. The van der Waals surface area contributed by atoms with E-state index >= 15 is 0 Å². The number of carbonyl (C=O) groups excluding carboxylic acids is 1. The summed E-state index contributed by atoms with van der Waals surface area (Å²) >= 11 is 0. The predicted octanol–water partition coefficient (Wildman–Crippen LogP) is 3.03. The van der Waals surface area contributed by atoms with Gasteiger partial charge >= 0.3 is 6.09 Å². The summed E-state index contributed by atoms with van der Waals surface area (Å²) < 4.78 is 10.7. The van der Waals surface area contributed by atoms with Gasteiger partial charge in [-0.05, 0) is 52.3 Å². The van der Waals surface area contributed by atoms with Gasteiger partial charge in [-0.1, -0.05) is 12.1 Å². The van der Waals surface area contributed by atoms with Crippen LogP contribution in [0.3, 0.4) is 0 Å². The maximum atomic E-state index is 11.7. The molecule has 21 heavy (non-hydrogen) atoms. The minimum absolute atomic E-state index is 0.101. The van der Waals surface area contributed by atoms with Crippen molar-refractivity contribution < 1.29 is 19.4 Å². The molecule has 118 valence electrons. The van der Waals surface area contributed by atoms with Crippen molar-refractivity contribution in [2.45, 2.75) is 52.4 Å². The van der Waals surface area contributed by atoms with Gasteiger partial charge in [-0.3, -0.25) is 0 Å². The second kappa shape index (κ2) is 7.31. The van der Waals surface area contributed by atoms with Crippen LogP contribution in [-0.4, -0.2) is 29.5 Å². The number of rotatable bonds is 5. The number of benzene rings is 1. The van der Waals surface area contributed by atoms with Gasteiger partial charge in [0.2, 0.25) is 0 Å². The Morgan fingerprint density at radius 3 is 2.24 bits per heavy atom. The van der Waals surface area contributed by atoms with E-state index in [0.29, 0.717) is 0 Å². The van der Waals surface area contributed by atoms with Gasteiger partial charge in [0.15, 0.2) is 0 Å². The first-order valence-corrected chi connectivity index (χ1v) is 7.08. The Kier molecular flexibility index (Phi) is 6.03. The second-order valence-electron chi connectivity index (χ2n) is 6.12. The normalized spacial score (nSPS) is 12.9. The molecule has 1 aromatic rings. The Morgan fingerprint density at radius 1 is 1.24 bits per heavy atom. The topological polar surface area (TPSA) is 67.8 Å². The van der Waals surface area contributed by atoms with Crippen LogP contribution in [0.2, 0.25) is 0 Å². The van der Waals surface area contributed by atoms with Gasteiger partial charge in [0, 0.05) is 0 Å². The van der Waals surface area contributed by atoms with E-state index in [0.717, 1.165) is 11.3 Å². The van der Waals surface area contributed by atoms with E-state index in [1.807, 2.05) is 38.1 Å². The van der Waals surface area contributed by atoms with Crippen molar-refractivity contribution >= 4 is 6.09 Å². The zero-order valence-electron chi connectivity index (χ0n) is 13.3. The van der Waals surface area contributed by atoms with E-state index in [1.165, 1.54) is 0 Å². The third-order valence-electron chi connectivity index (χ3n) is 2.53. The molecule has 1 rings (SSSR count). The number of amides is 1. The quantitative estimate of drug-likeness (QED) is 0.876. The summed E-state index contributed by atoms with van der Waals surface area (Å²) in [6, 6.07) is 6.75. The molecule has 0 fully saturated rings. The van der Waals surface area contributed by atoms with Crippen molar-refractivity contribution in [1.82, 2.24) is 5.32 Å². The van der Waals surface area contributed by atoms with Gasteiger partial charge in [-0.15, -0.1) is 0 Å². The van der Waals surface area contributed by atoms with Gasteiger partial charge in [-0.25, -0.2) is 4.79 Å². The van der Waals surface area contributed by atoms with Gasteiger partial charge < -0.3 is 19.9 Å². The lowest BCUT2D eigenvalue weighted by atomic mass is 10.1. The largest absolute Gasteiger partial charge is 0.491 e. The van der Waals surface area contributed by atoms with Crippen LogP contribution in [-0.2, 0) is 4.74 Å². The smallest absolute Gasteiger partial charge is 0.408 e. The Labute approximate surface area is 126 Å². The summed E-state index contributed by atoms with van der Waals surface area (Å²) in [4.78, 5) is 11.7. The number of carbonyl (C=O) groups is 1. The van der Waals surface area contributed by atoms with Crippen molar-refractivity contribution in [3.05, 3.63) is 29.8 Å². The zero-order chi connectivity index (χ0) is 16.0. The average Bonchev–Trinajstić information content (AvgIpc) is 2.34. The van der Waals surface area contributed by atoms with Crippen LogP contribution < -0.4 is 10.1 Å². The highest BCUT2D eigenvalue weighted by molar-refractivity contribution is 5.68. The van der Waals surface area contributed by atoms with Crippen molar-refractivity contribution in [3.8, 4) is 5.75 Å². The Bertz CT molecular complexity index is 448. The molecule has 0 aromatic heterocycles. The van der Waals surface area contributed by atoms with E-state index in [1.54, 1.807) is 20.8 Å². The van der Waals surface area contributed by atoms with E-state index in [2.05, 4.69) is 5.32 Å². The molecule has 0 unspecified atom stereocenters. The molecule has 2 N–H and O–H groups in total. The van der Waals surface area contributed by atoms with Crippen LogP contribution in [0.1, 0.15) is 46.2 Å². The average molecular weight is 295 g/mol. The number of aliphatic hydroxyl groups excluding tert-OH is 1. The van der Waals surface area contributed by atoms with Gasteiger partial charge in [0.25, 0.3) is 0 Å².